The highest BCUT2D eigenvalue weighted by atomic mass is 32.2. The Labute approximate surface area is 237 Å². The summed E-state index contributed by atoms with van der Waals surface area (Å²) in [5.74, 6) is -0.0326. The maximum atomic E-state index is 15.1. The van der Waals surface area contributed by atoms with Gasteiger partial charge in [0.05, 0.1) is 18.2 Å². The van der Waals surface area contributed by atoms with Crippen LogP contribution in [-0.4, -0.2) is 45.6 Å². The van der Waals surface area contributed by atoms with E-state index in [0.29, 0.717) is 16.5 Å². The molecule has 0 spiro atoms. The van der Waals surface area contributed by atoms with Gasteiger partial charge in [-0.3, -0.25) is 0 Å². The minimum atomic E-state index is -3.27. The van der Waals surface area contributed by atoms with Crippen molar-refractivity contribution in [2.24, 2.45) is 7.05 Å². The van der Waals surface area contributed by atoms with Gasteiger partial charge in [0, 0.05) is 37.1 Å². The highest BCUT2D eigenvalue weighted by molar-refractivity contribution is 7.92. The Bertz CT molecular complexity index is 1770. The summed E-state index contributed by atoms with van der Waals surface area (Å²) in [6.07, 6.45) is 7.26. The number of aromatic nitrogens is 8. The SMILES string of the molecule is COc1ncnc(C2CC2)c1-c1nc(OCc2cnc(-c3nc(C(F)(F)P)cn3C)c(F)c2)c2ccn(SF)c2n1. The standard InChI is InChI=1S/C25H21F4N8O2PS/c1-36-9-16(25(27,28)40)33-22(36)19-15(26)7-12(8-30-19)10-39-23-14-5-6-37(41-29)21(14)34-20(35-23)17-18(13-3-4-13)31-11-32-24(17)38-2/h5-9,11,13H,3-4,10,40H2,1-2H3. The fourth-order valence-electron chi connectivity index (χ4n) is 4.37. The smallest absolute Gasteiger partial charge is 0.301 e. The van der Waals surface area contributed by atoms with Gasteiger partial charge in [0.2, 0.25) is 11.8 Å². The monoisotopic (exact) mass is 604 g/mol. The zero-order chi connectivity index (χ0) is 28.9. The molecule has 16 heteroatoms. The van der Waals surface area contributed by atoms with Crippen molar-refractivity contribution in [1.82, 2.24) is 38.4 Å². The first kappa shape index (κ1) is 27.3. The number of nitrogens with zero attached hydrogens (tertiary/aromatic N) is 8. The molecule has 1 unspecified atom stereocenters. The molecular formula is C25H21F4N8O2PS. The molecule has 41 heavy (non-hydrogen) atoms. The topological polar surface area (TPSA) is 106 Å². The highest BCUT2D eigenvalue weighted by Crippen LogP contribution is 2.45. The molecule has 10 nitrogen and oxygen atoms in total. The van der Waals surface area contributed by atoms with Crippen molar-refractivity contribution in [2.45, 2.75) is 31.0 Å². The van der Waals surface area contributed by atoms with Crippen molar-refractivity contribution in [3.05, 3.63) is 59.8 Å². The second-order valence-corrected chi connectivity index (χ2v) is 10.6. The fraction of sp³-hybridized carbons (Fsp3) is 0.280. The summed E-state index contributed by atoms with van der Waals surface area (Å²) in [6, 6.07) is 2.78. The molecule has 5 aromatic rings. The Morgan fingerprint density at radius 3 is 2.61 bits per heavy atom. The largest absolute Gasteiger partial charge is 0.480 e. The van der Waals surface area contributed by atoms with Crippen molar-refractivity contribution < 1.29 is 26.5 Å². The van der Waals surface area contributed by atoms with Gasteiger partial charge in [0.1, 0.15) is 29.9 Å². The summed E-state index contributed by atoms with van der Waals surface area (Å²) in [7, 11) is 4.35. The number of aryl methyl sites for hydroxylation is 1. The maximum Gasteiger partial charge on any atom is 0.301 e. The van der Waals surface area contributed by atoms with Gasteiger partial charge >= 0.3 is 5.66 Å². The molecule has 1 atom stereocenters. The van der Waals surface area contributed by atoms with Gasteiger partial charge < -0.3 is 14.0 Å². The van der Waals surface area contributed by atoms with Crippen LogP contribution in [0.25, 0.3) is 33.9 Å². The van der Waals surface area contributed by atoms with Gasteiger partial charge in [-0.1, -0.05) is 9.24 Å². The van der Waals surface area contributed by atoms with Crippen LogP contribution < -0.4 is 9.47 Å². The Hall–Kier alpha value is -3.84. The van der Waals surface area contributed by atoms with E-state index in [1.165, 1.54) is 56.7 Å². The minimum absolute atomic E-state index is 0.0368. The van der Waals surface area contributed by atoms with E-state index in [-0.39, 0.29) is 59.6 Å². The molecule has 0 aliphatic heterocycles. The first-order valence-corrected chi connectivity index (χ1v) is 13.5. The van der Waals surface area contributed by atoms with E-state index in [4.69, 9.17) is 9.47 Å². The maximum absolute atomic E-state index is 15.1. The summed E-state index contributed by atoms with van der Waals surface area (Å²) >= 11 is -0.0368. The van der Waals surface area contributed by atoms with Crippen LogP contribution in [0.15, 0.2) is 37.1 Å². The number of methoxy groups -OCH3 is 1. The normalized spacial score (nSPS) is 13.6. The lowest BCUT2D eigenvalue weighted by Crippen LogP contribution is -2.06. The molecule has 212 valence electrons. The Morgan fingerprint density at radius 2 is 1.95 bits per heavy atom. The first-order chi connectivity index (χ1) is 19.7. The molecule has 0 aromatic carbocycles. The number of ether oxygens (including phenoxy) is 2. The third-order valence-electron chi connectivity index (χ3n) is 6.48. The van der Waals surface area contributed by atoms with Gasteiger partial charge in [0.15, 0.2) is 35.4 Å². The molecule has 1 aliphatic rings. The Morgan fingerprint density at radius 1 is 1.15 bits per heavy atom. The van der Waals surface area contributed by atoms with Crippen molar-refractivity contribution in [2.75, 3.05) is 7.11 Å². The Balaban J connectivity index is 1.34. The molecule has 0 N–H and O–H groups in total. The molecule has 1 aliphatic carbocycles. The van der Waals surface area contributed by atoms with Crippen molar-refractivity contribution in [1.29, 1.82) is 0 Å². The molecule has 6 rings (SSSR count). The van der Waals surface area contributed by atoms with Crippen LogP contribution in [0.5, 0.6) is 11.8 Å². The van der Waals surface area contributed by atoms with Crippen LogP contribution in [-0.2, 0) is 19.3 Å². The molecule has 0 radical (unpaired) electrons. The zero-order valence-electron chi connectivity index (χ0n) is 21.6. The van der Waals surface area contributed by atoms with Gasteiger partial charge in [-0.25, -0.2) is 33.3 Å². The number of alkyl halides is 2. The number of imidazole rings is 1. The van der Waals surface area contributed by atoms with E-state index in [2.05, 4.69) is 29.9 Å². The lowest BCUT2D eigenvalue weighted by molar-refractivity contribution is 0.0991. The highest BCUT2D eigenvalue weighted by Gasteiger charge is 2.32. The number of fused-ring (bicyclic) bond motifs is 1. The zero-order valence-corrected chi connectivity index (χ0v) is 23.5. The quantitative estimate of drug-likeness (QED) is 0.157. The van der Waals surface area contributed by atoms with Crippen LogP contribution in [0, 0.1) is 5.82 Å². The molecule has 1 saturated carbocycles. The second-order valence-electron chi connectivity index (χ2n) is 9.36. The fourth-order valence-corrected chi connectivity index (χ4v) is 4.83. The van der Waals surface area contributed by atoms with E-state index < -0.39 is 17.2 Å². The van der Waals surface area contributed by atoms with E-state index in [0.717, 1.165) is 24.7 Å². The van der Waals surface area contributed by atoms with Crippen molar-refractivity contribution in [3.8, 4) is 34.7 Å². The second kappa shape index (κ2) is 10.5. The molecule has 1 fully saturated rings. The summed E-state index contributed by atoms with van der Waals surface area (Å²) in [4.78, 5) is 25.8. The third kappa shape index (κ3) is 5.19. The van der Waals surface area contributed by atoms with Gasteiger partial charge in [-0.15, -0.1) is 3.89 Å². The molecule has 0 bridgehead atoms. The summed E-state index contributed by atoms with van der Waals surface area (Å²) in [6.45, 7) is -0.156. The summed E-state index contributed by atoms with van der Waals surface area (Å²) < 4.78 is 70.1. The molecule has 0 saturated heterocycles. The van der Waals surface area contributed by atoms with E-state index >= 15 is 4.39 Å². The third-order valence-corrected chi connectivity index (χ3v) is 7.22. The van der Waals surface area contributed by atoms with Crippen LogP contribution in [0.2, 0.25) is 0 Å². The van der Waals surface area contributed by atoms with Gasteiger partial charge in [-0.2, -0.15) is 13.8 Å². The van der Waals surface area contributed by atoms with Crippen molar-refractivity contribution in [3.63, 3.8) is 0 Å². The number of hydrogen-bond acceptors (Lipinski definition) is 9. The van der Waals surface area contributed by atoms with Gasteiger partial charge in [0.25, 0.3) is 0 Å². The van der Waals surface area contributed by atoms with E-state index in [1.807, 2.05) is 0 Å². The van der Waals surface area contributed by atoms with E-state index in [9.17, 15) is 12.7 Å². The van der Waals surface area contributed by atoms with Crippen LogP contribution in [0.3, 0.4) is 0 Å². The average molecular weight is 605 g/mol. The predicted octanol–water partition coefficient (Wildman–Crippen LogP) is 5.59. The summed E-state index contributed by atoms with van der Waals surface area (Å²) in [5.41, 5.74) is -2.18. The van der Waals surface area contributed by atoms with Crippen LogP contribution >= 0.6 is 21.6 Å². The van der Waals surface area contributed by atoms with E-state index in [1.54, 1.807) is 6.07 Å². The number of halogens is 4. The van der Waals surface area contributed by atoms with Crippen LogP contribution in [0.4, 0.5) is 17.1 Å². The molecule has 5 aromatic heterocycles. The summed E-state index contributed by atoms with van der Waals surface area (Å²) in [5, 5.41) is 0.423. The lowest BCUT2D eigenvalue weighted by atomic mass is 10.1. The minimum Gasteiger partial charge on any atom is -0.480 e. The average Bonchev–Trinajstić information content (AvgIpc) is 3.60. The lowest BCUT2D eigenvalue weighted by Gasteiger charge is -2.13. The number of hydrogen-bond donors (Lipinski definition) is 0. The molecule has 5 heterocycles. The van der Waals surface area contributed by atoms with Crippen molar-refractivity contribution >= 4 is 32.6 Å². The number of pyridine rings is 1. The molecular weight excluding hydrogens is 583 g/mol. The molecule has 0 amide bonds. The predicted molar refractivity (Wildman–Crippen MR) is 146 cm³/mol. The van der Waals surface area contributed by atoms with Crippen LogP contribution in [0.1, 0.15) is 35.7 Å². The number of rotatable bonds is 9. The van der Waals surface area contributed by atoms with Gasteiger partial charge in [-0.05, 0) is 25.0 Å². The first-order valence-electron chi connectivity index (χ1n) is 12.2. The Kier molecular flexibility index (Phi) is 7.02.